The summed E-state index contributed by atoms with van der Waals surface area (Å²) in [6.45, 7) is 1.89. The van der Waals surface area contributed by atoms with E-state index in [0.717, 1.165) is 37.5 Å². The number of fused-ring (bicyclic) bond motifs is 1. The summed E-state index contributed by atoms with van der Waals surface area (Å²) in [5, 5.41) is 6.51. The van der Waals surface area contributed by atoms with Crippen LogP contribution in [0.25, 0.3) is 0 Å². The van der Waals surface area contributed by atoms with Crippen LogP contribution < -0.4 is 10.6 Å². The molecule has 0 atom stereocenters. The Morgan fingerprint density at radius 1 is 0.966 bits per heavy atom. The summed E-state index contributed by atoms with van der Waals surface area (Å²) in [5.74, 6) is 0.345. The van der Waals surface area contributed by atoms with E-state index in [0.29, 0.717) is 24.2 Å². The number of hydrogen-bond donors (Lipinski definition) is 2. The van der Waals surface area contributed by atoms with E-state index in [1.807, 2.05) is 18.2 Å². The van der Waals surface area contributed by atoms with Crippen LogP contribution in [0.3, 0.4) is 0 Å². The fourth-order valence-corrected chi connectivity index (χ4v) is 3.12. The number of aliphatic imine (C=N–C) groups is 1. The maximum absolute atomic E-state index is 12.3. The number of amides is 2. The minimum atomic E-state index is -0.194. The molecule has 2 heterocycles. The lowest BCUT2D eigenvalue weighted by molar-refractivity contribution is 0.0652. The number of halogens is 1. The SMILES string of the molecule is CN=C(NCCCCN1C(=O)c2ccccc2C1=O)NCCc1ccccn1.I. The third-order valence-electron chi connectivity index (χ3n) is 4.60. The molecule has 0 fully saturated rings. The van der Waals surface area contributed by atoms with Crippen LogP contribution in [0.2, 0.25) is 0 Å². The van der Waals surface area contributed by atoms with Crippen molar-refractivity contribution in [2.75, 3.05) is 26.7 Å². The zero-order valence-corrected chi connectivity index (χ0v) is 18.8. The molecule has 29 heavy (non-hydrogen) atoms. The van der Waals surface area contributed by atoms with Crippen molar-refractivity contribution in [1.82, 2.24) is 20.5 Å². The van der Waals surface area contributed by atoms with Gasteiger partial charge in [0.05, 0.1) is 11.1 Å². The first-order chi connectivity index (χ1) is 13.7. The minimum absolute atomic E-state index is 0. The van der Waals surface area contributed by atoms with Gasteiger partial charge in [0.15, 0.2) is 5.96 Å². The topological polar surface area (TPSA) is 86.7 Å². The van der Waals surface area contributed by atoms with Gasteiger partial charge in [0, 0.05) is 45.0 Å². The van der Waals surface area contributed by atoms with Gasteiger partial charge in [-0.1, -0.05) is 18.2 Å². The molecular formula is C21H26IN5O2. The van der Waals surface area contributed by atoms with Crippen LogP contribution in [0.15, 0.2) is 53.7 Å². The number of imide groups is 1. The number of unbranched alkanes of at least 4 members (excludes halogenated alkanes) is 1. The third-order valence-corrected chi connectivity index (χ3v) is 4.60. The molecule has 8 heteroatoms. The number of benzene rings is 1. The number of nitrogens with zero attached hydrogens (tertiary/aromatic N) is 3. The average Bonchev–Trinajstić information content (AvgIpc) is 2.98. The fourth-order valence-electron chi connectivity index (χ4n) is 3.12. The van der Waals surface area contributed by atoms with Crippen LogP contribution in [0.5, 0.6) is 0 Å². The molecule has 0 aliphatic carbocycles. The number of carbonyl (C=O) groups excluding carboxylic acids is 2. The van der Waals surface area contributed by atoms with Crippen molar-refractivity contribution in [1.29, 1.82) is 0 Å². The predicted molar refractivity (Wildman–Crippen MR) is 124 cm³/mol. The van der Waals surface area contributed by atoms with Crippen LogP contribution in [0, 0.1) is 0 Å². The highest BCUT2D eigenvalue weighted by molar-refractivity contribution is 14.0. The fraction of sp³-hybridized carbons (Fsp3) is 0.333. The van der Waals surface area contributed by atoms with Gasteiger partial charge in [-0.3, -0.25) is 24.5 Å². The summed E-state index contributed by atoms with van der Waals surface area (Å²) in [6, 6.07) is 12.9. The monoisotopic (exact) mass is 507 g/mol. The highest BCUT2D eigenvalue weighted by Gasteiger charge is 2.34. The van der Waals surface area contributed by atoms with Gasteiger partial charge in [-0.15, -0.1) is 24.0 Å². The second-order valence-electron chi connectivity index (χ2n) is 6.51. The summed E-state index contributed by atoms with van der Waals surface area (Å²) in [7, 11) is 1.73. The summed E-state index contributed by atoms with van der Waals surface area (Å²) < 4.78 is 0. The van der Waals surface area contributed by atoms with Crippen LogP contribution >= 0.6 is 24.0 Å². The van der Waals surface area contributed by atoms with Gasteiger partial charge in [-0.2, -0.15) is 0 Å². The second kappa shape index (κ2) is 11.5. The quantitative estimate of drug-likeness (QED) is 0.189. The molecule has 2 aromatic rings. The maximum Gasteiger partial charge on any atom is 0.261 e. The standard InChI is InChI=1S/C21H25N5O2.HI/c1-22-21(25-14-11-16-8-4-5-12-23-16)24-13-6-7-15-26-19(27)17-9-2-3-10-18(17)20(26)28;/h2-5,8-10,12H,6-7,11,13-15H2,1H3,(H2,22,24,25);1H. The molecule has 0 radical (unpaired) electrons. The summed E-state index contributed by atoms with van der Waals surface area (Å²) in [5.41, 5.74) is 2.04. The van der Waals surface area contributed by atoms with E-state index >= 15 is 0 Å². The summed E-state index contributed by atoms with van der Waals surface area (Å²) in [4.78, 5) is 34.5. The number of carbonyl (C=O) groups is 2. The Balaban J connectivity index is 0.00000300. The number of guanidine groups is 1. The molecule has 1 aromatic carbocycles. The molecule has 7 nitrogen and oxygen atoms in total. The Bertz CT molecular complexity index is 822. The molecule has 154 valence electrons. The van der Waals surface area contributed by atoms with Gasteiger partial charge >= 0.3 is 0 Å². The molecule has 1 aromatic heterocycles. The molecule has 2 amide bonds. The first kappa shape index (κ1) is 22.8. The number of hydrogen-bond acceptors (Lipinski definition) is 4. The van der Waals surface area contributed by atoms with Gasteiger partial charge in [0.25, 0.3) is 11.8 Å². The molecule has 0 spiro atoms. The predicted octanol–water partition coefficient (Wildman–Crippen LogP) is 2.48. The number of pyridine rings is 1. The Morgan fingerprint density at radius 3 is 2.24 bits per heavy atom. The van der Waals surface area contributed by atoms with E-state index in [9.17, 15) is 9.59 Å². The average molecular weight is 507 g/mol. The van der Waals surface area contributed by atoms with Crippen LogP contribution in [-0.2, 0) is 6.42 Å². The van der Waals surface area contributed by atoms with E-state index in [1.54, 1.807) is 37.5 Å². The van der Waals surface area contributed by atoms with Crippen LogP contribution in [0.1, 0.15) is 39.3 Å². The zero-order valence-electron chi connectivity index (χ0n) is 16.4. The molecule has 1 aliphatic heterocycles. The van der Waals surface area contributed by atoms with Crippen molar-refractivity contribution in [3.8, 4) is 0 Å². The second-order valence-corrected chi connectivity index (χ2v) is 6.51. The summed E-state index contributed by atoms with van der Waals surface area (Å²) in [6.07, 6.45) is 4.18. The van der Waals surface area contributed by atoms with Gasteiger partial charge in [-0.05, 0) is 37.1 Å². The molecular weight excluding hydrogens is 481 g/mol. The molecule has 3 rings (SSSR count). The summed E-state index contributed by atoms with van der Waals surface area (Å²) >= 11 is 0. The van der Waals surface area contributed by atoms with Crippen molar-refractivity contribution in [2.24, 2.45) is 4.99 Å². The highest BCUT2D eigenvalue weighted by Crippen LogP contribution is 2.22. The first-order valence-corrected chi connectivity index (χ1v) is 9.50. The smallest absolute Gasteiger partial charge is 0.261 e. The lowest BCUT2D eigenvalue weighted by Crippen LogP contribution is -2.39. The number of nitrogens with one attached hydrogen (secondary N) is 2. The van der Waals surface area contributed by atoms with Crippen molar-refractivity contribution in [2.45, 2.75) is 19.3 Å². The molecule has 0 saturated heterocycles. The first-order valence-electron chi connectivity index (χ1n) is 9.50. The molecule has 2 N–H and O–H groups in total. The van der Waals surface area contributed by atoms with Crippen molar-refractivity contribution in [3.05, 3.63) is 65.5 Å². The van der Waals surface area contributed by atoms with Gasteiger partial charge < -0.3 is 10.6 Å². The van der Waals surface area contributed by atoms with Gasteiger partial charge in [-0.25, -0.2) is 0 Å². The molecule has 0 unspecified atom stereocenters. The van der Waals surface area contributed by atoms with E-state index in [4.69, 9.17) is 0 Å². The Kier molecular flexibility index (Phi) is 9.04. The number of aromatic nitrogens is 1. The normalized spacial score (nSPS) is 13.1. The molecule has 0 saturated carbocycles. The highest BCUT2D eigenvalue weighted by atomic mass is 127. The Morgan fingerprint density at radius 2 is 1.62 bits per heavy atom. The third kappa shape index (κ3) is 5.99. The molecule has 1 aliphatic rings. The van der Waals surface area contributed by atoms with Crippen LogP contribution in [-0.4, -0.2) is 54.3 Å². The Labute approximate surface area is 188 Å². The lowest BCUT2D eigenvalue weighted by Gasteiger charge is -2.14. The number of rotatable bonds is 8. The van der Waals surface area contributed by atoms with Crippen LogP contribution in [0.4, 0.5) is 0 Å². The van der Waals surface area contributed by atoms with E-state index in [2.05, 4.69) is 20.6 Å². The van der Waals surface area contributed by atoms with E-state index in [1.165, 1.54) is 4.90 Å². The van der Waals surface area contributed by atoms with Gasteiger partial charge in [0.2, 0.25) is 0 Å². The van der Waals surface area contributed by atoms with Crippen molar-refractivity contribution in [3.63, 3.8) is 0 Å². The maximum atomic E-state index is 12.3. The molecule has 0 bridgehead atoms. The van der Waals surface area contributed by atoms with Crippen molar-refractivity contribution < 1.29 is 9.59 Å². The zero-order chi connectivity index (χ0) is 19.8. The lowest BCUT2D eigenvalue weighted by atomic mass is 10.1. The largest absolute Gasteiger partial charge is 0.356 e. The van der Waals surface area contributed by atoms with Crippen molar-refractivity contribution >= 4 is 41.8 Å². The van der Waals surface area contributed by atoms with E-state index < -0.39 is 0 Å². The Hall–Kier alpha value is -2.49. The minimum Gasteiger partial charge on any atom is -0.356 e. The van der Waals surface area contributed by atoms with E-state index in [-0.39, 0.29) is 35.8 Å². The van der Waals surface area contributed by atoms with Gasteiger partial charge in [0.1, 0.15) is 0 Å².